The van der Waals surface area contributed by atoms with Crippen LogP contribution in [0, 0.1) is 0 Å². The van der Waals surface area contributed by atoms with Gasteiger partial charge in [0, 0.05) is 10.2 Å². The monoisotopic (exact) mass is 318 g/mol. The van der Waals surface area contributed by atoms with Crippen LogP contribution in [-0.4, -0.2) is 8.42 Å². The lowest BCUT2D eigenvalue weighted by Crippen LogP contribution is -2.20. The Balaban J connectivity index is 3.72. The Morgan fingerprint density at radius 1 is 1.25 bits per heavy atom. The second-order valence-corrected chi connectivity index (χ2v) is 5.30. The van der Waals surface area contributed by atoms with Crippen molar-refractivity contribution >= 4 is 31.6 Å². The molecular formula is C7H6BrF3N2O2S. The maximum atomic E-state index is 12.6. The van der Waals surface area contributed by atoms with Crippen molar-refractivity contribution in [2.24, 2.45) is 5.14 Å². The first-order valence-corrected chi connectivity index (χ1v) is 6.06. The Morgan fingerprint density at radius 2 is 1.75 bits per heavy atom. The fraction of sp³-hybridized carbons (Fsp3) is 0.143. The number of hydrogen-bond donors (Lipinski definition) is 2. The Kier molecular flexibility index (Phi) is 3.23. The zero-order chi connectivity index (χ0) is 12.7. The van der Waals surface area contributed by atoms with Crippen LogP contribution in [0.25, 0.3) is 0 Å². The van der Waals surface area contributed by atoms with Crippen LogP contribution in [0.2, 0.25) is 0 Å². The van der Waals surface area contributed by atoms with Crippen LogP contribution in [-0.2, 0) is 16.2 Å². The Hall–Kier alpha value is -0.800. The van der Waals surface area contributed by atoms with E-state index in [4.69, 9.17) is 5.73 Å². The summed E-state index contributed by atoms with van der Waals surface area (Å²) >= 11 is 2.61. The summed E-state index contributed by atoms with van der Waals surface area (Å²) in [7, 11) is -4.49. The number of nitrogens with two attached hydrogens (primary N) is 2. The molecule has 1 aromatic rings. The van der Waals surface area contributed by atoms with Gasteiger partial charge in [0.1, 0.15) is 0 Å². The Labute approximate surface area is 97.6 Å². The van der Waals surface area contributed by atoms with Crippen LogP contribution in [0.1, 0.15) is 5.56 Å². The maximum absolute atomic E-state index is 12.6. The largest absolute Gasteiger partial charge is 0.418 e. The lowest BCUT2D eigenvalue weighted by atomic mass is 10.2. The molecule has 4 nitrogen and oxygen atoms in total. The first-order valence-electron chi connectivity index (χ1n) is 3.72. The minimum atomic E-state index is -4.84. The van der Waals surface area contributed by atoms with Gasteiger partial charge < -0.3 is 5.73 Å². The quantitative estimate of drug-likeness (QED) is 0.773. The fourth-order valence-electron chi connectivity index (χ4n) is 1.10. The van der Waals surface area contributed by atoms with E-state index in [0.29, 0.717) is 6.07 Å². The first-order chi connectivity index (χ1) is 7.03. The van der Waals surface area contributed by atoms with E-state index < -0.39 is 31.1 Å². The lowest BCUT2D eigenvalue weighted by Gasteiger charge is -2.14. The van der Waals surface area contributed by atoms with Gasteiger partial charge in [0.15, 0.2) is 0 Å². The minimum Gasteiger partial charge on any atom is -0.399 e. The molecule has 0 unspecified atom stereocenters. The third-order valence-electron chi connectivity index (χ3n) is 1.67. The van der Waals surface area contributed by atoms with E-state index in [2.05, 4.69) is 21.1 Å². The van der Waals surface area contributed by atoms with Gasteiger partial charge in [-0.15, -0.1) is 0 Å². The summed E-state index contributed by atoms with van der Waals surface area (Å²) in [5.74, 6) is 0. The van der Waals surface area contributed by atoms with Gasteiger partial charge in [0.2, 0.25) is 10.0 Å². The van der Waals surface area contributed by atoms with Gasteiger partial charge in [-0.1, -0.05) is 15.9 Å². The summed E-state index contributed by atoms with van der Waals surface area (Å²) < 4.78 is 59.3. The number of halogens is 4. The van der Waals surface area contributed by atoms with Crippen LogP contribution in [0.5, 0.6) is 0 Å². The second kappa shape index (κ2) is 3.90. The first kappa shape index (κ1) is 13.3. The fourth-order valence-corrected chi connectivity index (χ4v) is 2.75. The summed E-state index contributed by atoms with van der Waals surface area (Å²) in [4.78, 5) is -1.05. The van der Waals surface area contributed by atoms with E-state index >= 15 is 0 Å². The van der Waals surface area contributed by atoms with Gasteiger partial charge in [0.05, 0.1) is 10.5 Å². The molecule has 0 spiro atoms. The molecule has 1 rings (SSSR count). The molecule has 16 heavy (non-hydrogen) atoms. The molecule has 9 heteroatoms. The highest BCUT2D eigenvalue weighted by Gasteiger charge is 2.38. The summed E-state index contributed by atoms with van der Waals surface area (Å²) in [6.07, 6.45) is -4.84. The van der Waals surface area contributed by atoms with Crippen molar-refractivity contribution in [2.75, 3.05) is 5.73 Å². The molecular weight excluding hydrogens is 313 g/mol. The van der Waals surface area contributed by atoms with Crippen molar-refractivity contribution in [3.05, 3.63) is 22.2 Å². The average Bonchev–Trinajstić information content (AvgIpc) is 1.97. The smallest absolute Gasteiger partial charge is 0.399 e. The predicted octanol–water partition coefficient (Wildman–Crippen LogP) is 1.70. The highest BCUT2D eigenvalue weighted by atomic mass is 79.9. The van der Waals surface area contributed by atoms with E-state index in [9.17, 15) is 21.6 Å². The van der Waals surface area contributed by atoms with E-state index in [0.717, 1.165) is 6.07 Å². The molecule has 0 amide bonds. The van der Waals surface area contributed by atoms with Crippen molar-refractivity contribution < 1.29 is 21.6 Å². The Bertz CT molecular complexity index is 527. The number of rotatable bonds is 1. The van der Waals surface area contributed by atoms with Gasteiger partial charge in [-0.2, -0.15) is 13.2 Å². The molecule has 0 aliphatic heterocycles. The zero-order valence-corrected chi connectivity index (χ0v) is 9.95. The number of benzene rings is 1. The molecule has 0 saturated heterocycles. The standard InChI is InChI=1S/C7H6BrF3N2O2S/c8-4-1-3(12)2-5(16(13,14)15)6(4)7(9,10)11/h1-2H,12H2,(H2,13,14,15). The third kappa shape index (κ3) is 2.66. The molecule has 1 aromatic carbocycles. The van der Waals surface area contributed by atoms with Gasteiger partial charge in [-0.3, -0.25) is 0 Å². The number of sulfonamides is 1. The molecule has 90 valence electrons. The van der Waals surface area contributed by atoms with Crippen LogP contribution >= 0.6 is 15.9 Å². The molecule has 0 aromatic heterocycles. The normalized spacial score (nSPS) is 12.8. The number of hydrogen-bond acceptors (Lipinski definition) is 3. The summed E-state index contributed by atoms with van der Waals surface area (Å²) in [5, 5.41) is 4.69. The minimum absolute atomic E-state index is 0.135. The van der Waals surface area contributed by atoms with Crippen LogP contribution in [0.4, 0.5) is 18.9 Å². The Morgan fingerprint density at radius 3 is 2.12 bits per heavy atom. The lowest BCUT2D eigenvalue weighted by molar-refractivity contribution is -0.140. The number of alkyl halides is 3. The molecule has 0 aliphatic carbocycles. The highest BCUT2D eigenvalue weighted by Crippen LogP contribution is 2.40. The van der Waals surface area contributed by atoms with Crippen molar-refractivity contribution in [3.8, 4) is 0 Å². The number of nitrogen functional groups attached to an aromatic ring is 1. The topological polar surface area (TPSA) is 86.2 Å². The summed E-state index contributed by atoms with van der Waals surface area (Å²) in [5.41, 5.74) is 3.76. The van der Waals surface area contributed by atoms with Crippen LogP contribution in [0.15, 0.2) is 21.5 Å². The molecule has 4 N–H and O–H groups in total. The second-order valence-electron chi connectivity index (χ2n) is 2.92. The molecule has 0 atom stereocenters. The zero-order valence-electron chi connectivity index (χ0n) is 7.55. The van der Waals surface area contributed by atoms with Gasteiger partial charge in [0.25, 0.3) is 0 Å². The third-order valence-corrected chi connectivity index (χ3v) is 3.23. The van der Waals surface area contributed by atoms with Crippen molar-refractivity contribution in [1.29, 1.82) is 0 Å². The van der Waals surface area contributed by atoms with Crippen LogP contribution < -0.4 is 10.9 Å². The van der Waals surface area contributed by atoms with Crippen LogP contribution in [0.3, 0.4) is 0 Å². The maximum Gasteiger partial charge on any atom is 0.418 e. The molecule has 0 fully saturated rings. The van der Waals surface area contributed by atoms with Gasteiger partial charge in [-0.05, 0) is 12.1 Å². The van der Waals surface area contributed by atoms with Crippen molar-refractivity contribution in [3.63, 3.8) is 0 Å². The molecule has 0 saturated carbocycles. The molecule has 0 aliphatic rings. The average molecular weight is 319 g/mol. The SMILES string of the molecule is Nc1cc(Br)c(C(F)(F)F)c(S(N)(=O)=O)c1. The van der Waals surface area contributed by atoms with Crippen molar-refractivity contribution in [1.82, 2.24) is 0 Å². The number of anilines is 1. The molecule has 0 bridgehead atoms. The summed E-state index contributed by atoms with van der Waals surface area (Å²) in [6, 6.07) is 1.63. The molecule has 0 radical (unpaired) electrons. The van der Waals surface area contributed by atoms with E-state index in [1.807, 2.05) is 0 Å². The van der Waals surface area contributed by atoms with Crippen molar-refractivity contribution in [2.45, 2.75) is 11.1 Å². The van der Waals surface area contributed by atoms with Gasteiger partial charge in [-0.25, -0.2) is 13.6 Å². The highest BCUT2D eigenvalue weighted by molar-refractivity contribution is 9.10. The van der Waals surface area contributed by atoms with E-state index in [1.165, 1.54) is 0 Å². The predicted molar refractivity (Wildman–Crippen MR) is 54.9 cm³/mol. The number of primary sulfonamides is 1. The molecule has 0 heterocycles. The van der Waals surface area contributed by atoms with E-state index in [1.54, 1.807) is 0 Å². The summed E-state index contributed by atoms with van der Waals surface area (Å²) in [6.45, 7) is 0. The van der Waals surface area contributed by atoms with Gasteiger partial charge >= 0.3 is 6.18 Å². The van der Waals surface area contributed by atoms with E-state index in [-0.39, 0.29) is 5.69 Å².